The summed E-state index contributed by atoms with van der Waals surface area (Å²) >= 11 is 0. The highest BCUT2D eigenvalue weighted by Crippen LogP contribution is 2.23. The van der Waals surface area contributed by atoms with Gasteiger partial charge in [-0.1, -0.05) is 24.3 Å². The third-order valence-corrected chi connectivity index (χ3v) is 5.73. The highest BCUT2D eigenvalue weighted by molar-refractivity contribution is 5.79. The van der Waals surface area contributed by atoms with Crippen LogP contribution in [0.3, 0.4) is 0 Å². The van der Waals surface area contributed by atoms with Crippen molar-refractivity contribution in [3.8, 4) is 0 Å². The van der Waals surface area contributed by atoms with Gasteiger partial charge in [0.05, 0.1) is 11.5 Å². The predicted molar refractivity (Wildman–Crippen MR) is 105 cm³/mol. The molecular weight excluding hydrogens is 324 g/mol. The van der Waals surface area contributed by atoms with E-state index in [0.717, 1.165) is 58.4 Å². The number of likely N-dealkylation sites (tertiary alicyclic amines) is 2. The summed E-state index contributed by atoms with van der Waals surface area (Å²) in [6.45, 7) is 8.55. The molecule has 0 spiro atoms. The van der Waals surface area contributed by atoms with Gasteiger partial charge in [-0.25, -0.2) is 0 Å². The van der Waals surface area contributed by atoms with Gasteiger partial charge < -0.3 is 10.0 Å². The smallest absolute Gasteiger partial charge is 0.226 e. The normalized spacial score (nSPS) is 22.0. The monoisotopic (exact) mass is 358 g/mol. The zero-order valence-electron chi connectivity index (χ0n) is 16.4. The Morgan fingerprint density at radius 3 is 2.38 bits per heavy atom. The third-order valence-electron chi connectivity index (χ3n) is 5.73. The number of carbonyl (C=O) groups excluding carboxylic acids is 1. The minimum absolute atomic E-state index is 0.188. The first kappa shape index (κ1) is 19.4. The fraction of sp³-hybridized carbons (Fsp3) is 0.682. The first-order valence-electron chi connectivity index (χ1n) is 10.2. The maximum atomic E-state index is 12.7. The molecule has 0 aromatic heterocycles. The number of carbonyl (C=O) groups is 1. The van der Waals surface area contributed by atoms with Gasteiger partial charge in [-0.05, 0) is 70.0 Å². The van der Waals surface area contributed by atoms with E-state index in [1.165, 1.54) is 24.0 Å². The Morgan fingerprint density at radius 2 is 1.73 bits per heavy atom. The first-order chi connectivity index (χ1) is 12.4. The zero-order valence-corrected chi connectivity index (χ0v) is 16.4. The number of nitrogens with zero attached hydrogens (tertiary/aromatic N) is 2. The van der Waals surface area contributed by atoms with Gasteiger partial charge in [-0.15, -0.1) is 0 Å². The van der Waals surface area contributed by atoms with Crippen LogP contribution in [0.25, 0.3) is 0 Å². The standard InChI is InChI=1S/C22H34N2O2/c1-22(2,26)12-11-18-7-9-19(10-8-18)16-23-13-5-6-20(17-23)21(25)24-14-3-4-15-24/h7-10,20,26H,3-6,11-17H2,1-2H3. The topological polar surface area (TPSA) is 43.8 Å². The average molecular weight is 359 g/mol. The Kier molecular flexibility index (Phi) is 6.36. The van der Waals surface area contributed by atoms with Gasteiger partial charge in [-0.2, -0.15) is 0 Å². The minimum atomic E-state index is -0.608. The van der Waals surface area contributed by atoms with Crippen molar-refractivity contribution in [3.05, 3.63) is 35.4 Å². The summed E-state index contributed by atoms with van der Waals surface area (Å²) in [5.74, 6) is 0.571. The lowest BCUT2D eigenvalue weighted by molar-refractivity contribution is -0.136. The van der Waals surface area contributed by atoms with Gasteiger partial charge in [-0.3, -0.25) is 9.69 Å². The molecule has 2 fully saturated rings. The molecule has 4 heteroatoms. The Balaban J connectivity index is 1.51. The predicted octanol–water partition coefficient (Wildman–Crippen LogP) is 3.22. The molecule has 2 saturated heterocycles. The van der Waals surface area contributed by atoms with E-state index in [9.17, 15) is 9.90 Å². The maximum Gasteiger partial charge on any atom is 0.226 e. The van der Waals surface area contributed by atoms with E-state index in [4.69, 9.17) is 0 Å². The van der Waals surface area contributed by atoms with E-state index in [-0.39, 0.29) is 5.92 Å². The summed E-state index contributed by atoms with van der Waals surface area (Å²) in [7, 11) is 0. The van der Waals surface area contributed by atoms with Crippen LogP contribution < -0.4 is 0 Å². The molecule has 26 heavy (non-hydrogen) atoms. The molecule has 1 aromatic carbocycles. The van der Waals surface area contributed by atoms with Crippen molar-refractivity contribution in [3.63, 3.8) is 0 Å². The summed E-state index contributed by atoms with van der Waals surface area (Å²) in [5.41, 5.74) is 1.98. The van der Waals surface area contributed by atoms with Crippen molar-refractivity contribution < 1.29 is 9.90 Å². The number of hydrogen-bond donors (Lipinski definition) is 1. The minimum Gasteiger partial charge on any atom is -0.390 e. The average Bonchev–Trinajstić information content (AvgIpc) is 3.15. The van der Waals surface area contributed by atoms with Crippen LogP contribution in [0, 0.1) is 5.92 Å². The van der Waals surface area contributed by atoms with Crippen molar-refractivity contribution in [2.45, 2.75) is 64.5 Å². The van der Waals surface area contributed by atoms with Crippen molar-refractivity contribution >= 4 is 5.91 Å². The van der Waals surface area contributed by atoms with Crippen molar-refractivity contribution in [1.82, 2.24) is 9.80 Å². The van der Waals surface area contributed by atoms with E-state index in [1.54, 1.807) is 0 Å². The molecular formula is C22H34N2O2. The molecule has 2 heterocycles. The van der Waals surface area contributed by atoms with E-state index in [1.807, 2.05) is 13.8 Å². The zero-order chi connectivity index (χ0) is 18.6. The van der Waals surface area contributed by atoms with Crippen molar-refractivity contribution in [2.24, 2.45) is 5.92 Å². The van der Waals surface area contributed by atoms with Crippen molar-refractivity contribution in [1.29, 1.82) is 0 Å². The van der Waals surface area contributed by atoms with Gasteiger partial charge in [0.25, 0.3) is 0 Å². The number of amides is 1. The van der Waals surface area contributed by atoms with Crippen LogP contribution in [0.15, 0.2) is 24.3 Å². The quantitative estimate of drug-likeness (QED) is 0.849. The highest BCUT2D eigenvalue weighted by atomic mass is 16.3. The molecule has 1 atom stereocenters. The highest BCUT2D eigenvalue weighted by Gasteiger charge is 2.30. The maximum absolute atomic E-state index is 12.7. The molecule has 0 radical (unpaired) electrons. The molecule has 1 unspecified atom stereocenters. The van der Waals surface area contributed by atoms with E-state index in [2.05, 4.69) is 34.1 Å². The molecule has 144 valence electrons. The van der Waals surface area contributed by atoms with E-state index in [0.29, 0.717) is 5.91 Å². The number of hydrogen-bond acceptors (Lipinski definition) is 3. The number of aliphatic hydroxyl groups is 1. The second kappa shape index (κ2) is 8.53. The molecule has 0 saturated carbocycles. The summed E-state index contributed by atoms with van der Waals surface area (Å²) in [6, 6.07) is 8.76. The van der Waals surface area contributed by atoms with Crippen LogP contribution in [-0.2, 0) is 17.8 Å². The molecule has 4 nitrogen and oxygen atoms in total. The Bertz CT molecular complexity index is 585. The summed E-state index contributed by atoms with van der Waals surface area (Å²) in [4.78, 5) is 17.2. The van der Waals surface area contributed by atoms with Crippen LogP contribution >= 0.6 is 0 Å². The summed E-state index contributed by atoms with van der Waals surface area (Å²) < 4.78 is 0. The molecule has 0 aliphatic carbocycles. The third kappa shape index (κ3) is 5.55. The van der Waals surface area contributed by atoms with Crippen LogP contribution in [0.1, 0.15) is 57.1 Å². The first-order valence-corrected chi connectivity index (χ1v) is 10.2. The van der Waals surface area contributed by atoms with Gasteiger partial charge in [0.15, 0.2) is 0 Å². The van der Waals surface area contributed by atoms with Gasteiger partial charge in [0, 0.05) is 26.2 Å². The number of piperidine rings is 1. The Morgan fingerprint density at radius 1 is 1.08 bits per heavy atom. The van der Waals surface area contributed by atoms with Crippen LogP contribution in [0.2, 0.25) is 0 Å². The fourth-order valence-electron chi connectivity index (χ4n) is 4.12. The molecule has 0 bridgehead atoms. The largest absolute Gasteiger partial charge is 0.390 e. The molecule has 1 aromatic rings. The van der Waals surface area contributed by atoms with Crippen LogP contribution in [0.5, 0.6) is 0 Å². The lowest BCUT2D eigenvalue weighted by Crippen LogP contribution is -2.43. The van der Waals surface area contributed by atoms with Gasteiger partial charge in [0.1, 0.15) is 0 Å². The lowest BCUT2D eigenvalue weighted by Gasteiger charge is -2.34. The molecule has 1 N–H and O–H groups in total. The molecule has 2 aliphatic heterocycles. The number of aryl methyl sites for hydroxylation is 1. The Labute approximate surface area is 158 Å². The van der Waals surface area contributed by atoms with Gasteiger partial charge >= 0.3 is 0 Å². The fourth-order valence-corrected chi connectivity index (χ4v) is 4.12. The molecule has 2 aliphatic rings. The number of rotatable bonds is 6. The molecule has 1 amide bonds. The van der Waals surface area contributed by atoms with E-state index >= 15 is 0 Å². The van der Waals surface area contributed by atoms with Crippen LogP contribution in [0.4, 0.5) is 0 Å². The van der Waals surface area contributed by atoms with Crippen LogP contribution in [-0.4, -0.2) is 52.6 Å². The summed E-state index contributed by atoms with van der Waals surface area (Å²) in [5, 5.41) is 9.86. The SMILES string of the molecule is CC(C)(O)CCc1ccc(CN2CCCC(C(=O)N3CCCC3)C2)cc1. The van der Waals surface area contributed by atoms with E-state index < -0.39 is 5.60 Å². The summed E-state index contributed by atoms with van der Waals surface area (Å²) in [6.07, 6.45) is 6.18. The molecule has 3 rings (SSSR count). The second-order valence-electron chi connectivity index (χ2n) is 8.74. The number of benzene rings is 1. The Hall–Kier alpha value is -1.39. The second-order valence-corrected chi connectivity index (χ2v) is 8.74. The van der Waals surface area contributed by atoms with Crippen molar-refractivity contribution in [2.75, 3.05) is 26.2 Å². The van der Waals surface area contributed by atoms with Gasteiger partial charge in [0.2, 0.25) is 5.91 Å². The lowest BCUT2D eigenvalue weighted by atomic mass is 9.95.